The van der Waals surface area contributed by atoms with Crippen molar-refractivity contribution in [2.24, 2.45) is 0 Å². The van der Waals surface area contributed by atoms with Crippen molar-refractivity contribution in [1.82, 2.24) is 4.90 Å². The van der Waals surface area contributed by atoms with E-state index in [4.69, 9.17) is 14.2 Å². The number of carbonyl (C=O) groups is 3. The summed E-state index contributed by atoms with van der Waals surface area (Å²) in [4.78, 5) is 50.3. The van der Waals surface area contributed by atoms with Gasteiger partial charge in [-0.25, -0.2) is 4.79 Å². The van der Waals surface area contributed by atoms with E-state index >= 15 is 0 Å². The van der Waals surface area contributed by atoms with E-state index in [9.17, 15) is 19.2 Å². The van der Waals surface area contributed by atoms with Crippen molar-refractivity contribution in [3.8, 4) is 11.5 Å². The zero-order valence-corrected chi connectivity index (χ0v) is 21.9. The molecule has 0 saturated carbocycles. The Morgan fingerprint density at radius 1 is 1.26 bits per heavy atom. The number of amides is 2. The van der Waals surface area contributed by atoms with Crippen molar-refractivity contribution in [3.63, 3.8) is 0 Å². The number of anilines is 1. The monoisotopic (exact) mass is 492 g/mol. The highest BCUT2D eigenvalue weighted by atomic mass is 28.4. The van der Waals surface area contributed by atoms with Gasteiger partial charge >= 0.3 is 6.09 Å². The molecule has 1 saturated heterocycles. The second-order valence-corrected chi connectivity index (χ2v) is 14.0. The van der Waals surface area contributed by atoms with Crippen LogP contribution in [0.4, 0.5) is 10.5 Å². The molecule has 0 spiro atoms. The van der Waals surface area contributed by atoms with Crippen LogP contribution in [0.1, 0.15) is 43.5 Å². The highest BCUT2D eigenvalue weighted by Gasteiger charge is 2.41. The SMILES string of the molecule is C=CCOC(=O)Nc1cc(OC)c(OC)cc1C(=O)N1CC(=O)C[C@H]1CCC(C)(C)[Si](C)(C)O. The van der Waals surface area contributed by atoms with Crippen LogP contribution in [0.3, 0.4) is 0 Å². The fraction of sp³-hybridized carbons (Fsp3) is 0.542. The molecule has 10 heteroatoms. The van der Waals surface area contributed by atoms with Crippen molar-refractivity contribution in [1.29, 1.82) is 0 Å². The van der Waals surface area contributed by atoms with Gasteiger partial charge in [0.2, 0.25) is 0 Å². The highest BCUT2D eigenvalue weighted by molar-refractivity contribution is 6.72. The van der Waals surface area contributed by atoms with E-state index in [-0.39, 0.29) is 47.7 Å². The van der Waals surface area contributed by atoms with Gasteiger partial charge in [-0.3, -0.25) is 14.9 Å². The number of carbonyl (C=O) groups excluding carboxylic acids is 3. The lowest BCUT2D eigenvalue weighted by atomic mass is 10.00. The van der Waals surface area contributed by atoms with Gasteiger partial charge in [0.1, 0.15) is 6.61 Å². The Labute approximate surface area is 202 Å². The Bertz CT molecular complexity index is 940. The summed E-state index contributed by atoms with van der Waals surface area (Å²) in [6, 6.07) is 2.67. The Kier molecular flexibility index (Phi) is 8.90. The number of rotatable bonds is 10. The molecule has 1 aromatic rings. The third kappa shape index (κ3) is 6.38. The lowest BCUT2D eigenvalue weighted by Gasteiger charge is -2.36. The first kappa shape index (κ1) is 27.4. The van der Waals surface area contributed by atoms with Gasteiger partial charge in [0, 0.05) is 18.5 Å². The van der Waals surface area contributed by atoms with E-state index in [0.717, 1.165) is 0 Å². The molecule has 0 aliphatic carbocycles. The number of hydrogen-bond donors (Lipinski definition) is 2. The van der Waals surface area contributed by atoms with Gasteiger partial charge in [-0.1, -0.05) is 26.5 Å². The first-order valence-electron chi connectivity index (χ1n) is 11.2. The minimum absolute atomic E-state index is 0.00537. The maximum absolute atomic E-state index is 13.6. The Hall–Kier alpha value is -2.85. The van der Waals surface area contributed by atoms with Crippen molar-refractivity contribution in [2.75, 3.05) is 32.7 Å². The molecule has 9 nitrogen and oxygen atoms in total. The first-order valence-corrected chi connectivity index (χ1v) is 14.1. The predicted molar refractivity (Wildman–Crippen MR) is 132 cm³/mol. The van der Waals surface area contributed by atoms with E-state index in [1.165, 1.54) is 37.3 Å². The molecule has 1 aliphatic rings. The van der Waals surface area contributed by atoms with Crippen LogP contribution >= 0.6 is 0 Å². The minimum Gasteiger partial charge on any atom is -0.493 e. The summed E-state index contributed by atoms with van der Waals surface area (Å²) < 4.78 is 15.7. The molecule has 2 amide bonds. The smallest absolute Gasteiger partial charge is 0.411 e. The first-order chi connectivity index (χ1) is 15.8. The van der Waals surface area contributed by atoms with E-state index in [1.54, 1.807) is 0 Å². The fourth-order valence-electron chi connectivity index (χ4n) is 3.68. The predicted octanol–water partition coefficient (Wildman–Crippen LogP) is 3.98. The van der Waals surface area contributed by atoms with Crippen LogP contribution in [0.5, 0.6) is 11.5 Å². The normalized spacial score (nSPS) is 16.3. The molecule has 0 radical (unpaired) electrons. The van der Waals surface area contributed by atoms with Gasteiger partial charge in [-0.2, -0.15) is 0 Å². The van der Waals surface area contributed by atoms with Crippen LogP contribution in [0.25, 0.3) is 0 Å². The van der Waals surface area contributed by atoms with Gasteiger partial charge in [0.05, 0.1) is 32.0 Å². The van der Waals surface area contributed by atoms with Crippen LogP contribution < -0.4 is 14.8 Å². The fourth-order valence-corrected chi connectivity index (χ4v) is 4.44. The van der Waals surface area contributed by atoms with Crippen LogP contribution in [-0.2, 0) is 9.53 Å². The minimum atomic E-state index is -2.44. The average Bonchev–Trinajstić information content (AvgIpc) is 3.15. The molecule has 2 rings (SSSR count). The number of hydrogen-bond acceptors (Lipinski definition) is 7. The molecule has 0 unspecified atom stereocenters. The molecule has 34 heavy (non-hydrogen) atoms. The Morgan fingerprint density at radius 2 is 1.88 bits per heavy atom. The molecule has 1 aromatic carbocycles. The Morgan fingerprint density at radius 3 is 2.44 bits per heavy atom. The zero-order valence-electron chi connectivity index (χ0n) is 20.9. The van der Waals surface area contributed by atoms with E-state index in [0.29, 0.717) is 24.3 Å². The molecule has 188 valence electrons. The standard InChI is InChI=1S/C24H36N2O7Si/c1-8-11-33-23(29)25-19-14-21(32-5)20(31-4)13-18(19)22(28)26-15-17(27)12-16(26)9-10-24(2,3)34(6,7)30/h8,13-14,16,30H,1,9-12,15H2,2-7H3,(H,25,29)/t16-/m1/s1. The number of benzene rings is 1. The molecular weight excluding hydrogens is 456 g/mol. The lowest BCUT2D eigenvalue weighted by molar-refractivity contribution is -0.116. The molecule has 1 heterocycles. The van der Waals surface area contributed by atoms with Gasteiger partial charge in [-0.05, 0) is 37.0 Å². The van der Waals surface area contributed by atoms with Crippen LogP contribution in [0.15, 0.2) is 24.8 Å². The quantitative estimate of drug-likeness (QED) is 0.375. The molecular formula is C24H36N2O7Si. The van der Waals surface area contributed by atoms with Gasteiger partial charge in [-0.15, -0.1) is 0 Å². The van der Waals surface area contributed by atoms with Gasteiger partial charge in [0.25, 0.3) is 5.91 Å². The summed E-state index contributed by atoms with van der Waals surface area (Å²) in [6.45, 7) is 11.3. The number of ketones is 1. The van der Waals surface area contributed by atoms with Crippen molar-refractivity contribution in [2.45, 2.75) is 57.3 Å². The van der Waals surface area contributed by atoms with E-state index < -0.39 is 20.3 Å². The van der Waals surface area contributed by atoms with Crippen molar-refractivity contribution < 1.29 is 33.4 Å². The maximum Gasteiger partial charge on any atom is 0.411 e. The molecule has 1 fully saturated rings. The van der Waals surface area contributed by atoms with Gasteiger partial charge < -0.3 is 23.9 Å². The number of nitrogens with zero attached hydrogens (tertiary/aromatic N) is 1. The molecule has 0 aromatic heterocycles. The molecule has 1 aliphatic heterocycles. The second kappa shape index (κ2) is 11.0. The van der Waals surface area contributed by atoms with Crippen LogP contribution in [-0.4, -0.2) is 69.2 Å². The van der Waals surface area contributed by atoms with Crippen molar-refractivity contribution in [3.05, 3.63) is 30.4 Å². The highest BCUT2D eigenvalue weighted by Crippen LogP contribution is 2.42. The summed E-state index contributed by atoms with van der Waals surface area (Å²) in [5, 5.41) is 2.29. The zero-order chi connectivity index (χ0) is 25.7. The van der Waals surface area contributed by atoms with E-state index in [1.807, 2.05) is 26.9 Å². The van der Waals surface area contributed by atoms with Crippen LogP contribution in [0.2, 0.25) is 18.1 Å². The summed E-state index contributed by atoms with van der Waals surface area (Å²) in [7, 11) is 0.458. The number of methoxy groups -OCH3 is 2. The third-order valence-corrected chi connectivity index (χ3v) is 10.2. The third-order valence-electron chi connectivity index (χ3n) is 6.59. The molecule has 2 N–H and O–H groups in total. The molecule has 1 atom stereocenters. The molecule has 0 bridgehead atoms. The summed E-state index contributed by atoms with van der Waals surface area (Å²) in [5.74, 6) is 0.197. The lowest BCUT2D eigenvalue weighted by Crippen LogP contribution is -2.41. The maximum atomic E-state index is 13.6. The number of likely N-dealkylation sites (tertiary alicyclic amines) is 1. The van der Waals surface area contributed by atoms with Crippen LogP contribution in [0, 0.1) is 0 Å². The number of ether oxygens (including phenoxy) is 3. The topological polar surface area (TPSA) is 114 Å². The number of Topliss-reactive ketones (excluding diaryl/α,β-unsaturated/α-hetero) is 1. The number of nitrogens with one attached hydrogen (secondary N) is 1. The summed E-state index contributed by atoms with van der Waals surface area (Å²) >= 11 is 0. The van der Waals surface area contributed by atoms with E-state index in [2.05, 4.69) is 11.9 Å². The average molecular weight is 493 g/mol. The summed E-state index contributed by atoms with van der Waals surface area (Å²) in [6.07, 6.45) is 2.19. The summed E-state index contributed by atoms with van der Waals surface area (Å²) in [5.41, 5.74) is 0.336. The largest absolute Gasteiger partial charge is 0.493 e. The second-order valence-electron chi connectivity index (χ2n) is 9.58. The Balaban J connectivity index is 2.37. The van der Waals surface area contributed by atoms with Crippen molar-refractivity contribution >= 4 is 31.8 Å². The van der Waals surface area contributed by atoms with Gasteiger partial charge in [0.15, 0.2) is 25.6 Å².